The van der Waals surface area contributed by atoms with Crippen molar-refractivity contribution in [3.8, 4) is 11.1 Å². The SMILES string of the molecule is CO[C@@H]1[C@H](N(C)C(=O)c2cccc(C)c2)C[C@H]2O[C@]1(C)C1c3ccccc3-c3c4c(c5c6ccccc6n2c5c31)C(=O)NC4. The van der Waals surface area contributed by atoms with E-state index in [4.69, 9.17) is 9.47 Å². The Morgan fingerprint density at radius 2 is 1.86 bits per heavy atom. The number of likely N-dealkylation sites (N-methyl/N-ethyl adjacent to an activating group) is 1. The van der Waals surface area contributed by atoms with Crippen LogP contribution in [-0.4, -0.2) is 53.2 Å². The summed E-state index contributed by atoms with van der Waals surface area (Å²) < 4.78 is 16.1. The van der Waals surface area contributed by atoms with E-state index in [1.807, 2.05) is 55.3 Å². The number of hydrogen-bond acceptors (Lipinski definition) is 4. The molecule has 2 amide bonds. The van der Waals surface area contributed by atoms with E-state index in [1.165, 1.54) is 11.1 Å². The second-order valence-corrected chi connectivity index (χ2v) is 13.0. The Labute approximate surface area is 255 Å². The van der Waals surface area contributed by atoms with E-state index in [0.717, 1.165) is 49.6 Å². The molecule has 1 aliphatic carbocycles. The second-order valence-electron chi connectivity index (χ2n) is 13.0. The molecule has 5 atom stereocenters. The van der Waals surface area contributed by atoms with Gasteiger partial charge in [-0.05, 0) is 59.9 Å². The van der Waals surface area contributed by atoms with Gasteiger partial charge in [0.2, 0.25) is 0 Å². The maximum atomic E-state index is 14.0. The second kappa shape index (κ2) is 8.80. The van der Waals surface area contributed by atoms with E-state index in [1.54, 1.807) is 7.11 Å². The molecule has 7 nitrogen and oxygen atoms in total. The zero-order chi connectivity index (χ0) is 30.1. The summed E-state index contributed by atoms with van der Waals surface area (Å²) in [5, 5.41) is 5.20. The molecular weight excluding hydrogens is 550 g/mol. The number of methoxy groups -OCH3 is 1. The Morgan fingerprint density at radius 1 is 1.07 bits per heavy atom. The van der Waals surface area contributed by atoms with Crippen LogP contribution in [0, 0.1) is 6.92 Å². The molecule has 0 radical (unpaired) electrons. The van der Waals surface area contributed by atoms with E-state index in [-0.39, 0.29) is 30.0 Å². The van der Waals surface area contributed by atoms with Gasteiger partial charge < -0.3 is 24.3 Å². The third-order valence-electron chi connectivity index (χ3n) is 10.7. The maximum Gasteiger partial charge on any atom is 0.253 e. The van der Waals surface area contributed by atoms with Gasteiger partial charge >= 0.3 is 0 Å². The number of hydrogen-bond donors (Lipinski definition) is 1. The van der Waals surface area contributed by atoms with Crippen molar-refractivity contribution in [2.24, 2.45) is 0 Å². The van der Waals surface area contributed by atoms with Crippen molar-refractivity contribution in [2.75, 3.05) is 14.2 Å². The minimum Gasteiger partial charge on any atom is -0.376 e. The highest BCUT2D eigenvalue weighted by Gasteiger charge is 2.60. The van der Waals surface area contributed by atoms with Gasteiger partial charge in [-0.1, -0.05) is 60.2 Å². The highest BCUT2D eigenvalue weighted by atomic mass is 16.6. The molecule has 1 aromatic heterocycles. The molecule has 9 rings (SSSR count). The summed E-state index contributed by atoms with van der Waals surface area (Å²) in [6, 6.07) is 24.4. The molecule has 4 aromatic carbocycles. The normalized spacial score (nSPS) is 26.0. The number of nitrogens with zero attached hydrogens (tertiary/aromatic N) is 2. The third kappa shape index (κ3) is 3.08. The van der Waals surface area contributed by atoms with Crippen LogP contribution in [0.2, 0.25) is 0 Å². The molecule has 7 heteroatoms. The monoisotopic (exact) mass is 583 g/mol. The van der Waals surface area contributed by atoms with Gasteiger partial charge in [-0.25, -0.2) is 0 Å². The number of aromatic nitrogens is 1. The number of fused-ring (bicyclic) bond motifs is 13. The van der Waals surface area contributed by atoms with Crippen LogP contribution in [0.3, 0.4) is 0 Å². The van der Waals surface area contributed by atoms with Crippen molar-refractivity contribution >= 4 is 33.6 Å². The molecule has 220 valence electrons. The average Bonchev–Trinajstić information content (AvgIpc) is 3.67. The van der Waals surface area contributed by atoms with Crippen LogP contribution >= 0.6 is 0 Å². The minimum absolute atomic E-state index is 0.0258. The quantitative estimate of drug-likeness (QED) is 0.270. The summed E-state index contributed by atoms with van der Waals surface area (Å²) in [7, 11) is 3.63. The number of ether oxygens (including phenoxy) is 2. The van der Waals surface area contributed by atoms with E-state index in [0.29, 0.717) is 18.5 Å². The van der Waals surface area contributed by atoms with Crippen LogP contribution in [0.25, 0.3) is 32.9 Å². The lowest BCUT2D eigenvalue weighted by Gasteiger charge is -2.52. The number of carbonyl (C=O) groups excluding carboxylic acids is 2. The molecule has 0 saturated carbocycles. The Hall–Kier alpha value is -4.46. The molecule has 4 aliphatic rings. The van der Waals surface area contributed by atoms with Crippen LogP contribution in [0.1, 0.15) is 68.5 Å². The first-order valence-electron chi connectivity index (χ1n) is 15.4. The molecule has 5 aromatic rings. The summed E-state index contributed by atoms with van der Waals surface area (Å²) in [5.74, 6) is -0.228. The number of amides is 2. The molecule has 1 fully saturated rings. The number of aryl methyl sites for hydroxylation is 1. The predicted octanol–water partition coefficient (Wildman–Crippen LogP) is 6.31. The number of para-hydroxylation sites is 1. The van der Waals surface area contributed by atoms with E-state index >= 15 is 0 Å². The Balaban J connectivity index is 1.36. The first-order chi connectivity index (χ1) is 21.3. The van der Waals surface area contributed by atoms with Gasteiger partial charge in [-0.15, -0.1) is 0 Å². The van der Waals surface area contributed by atoms with Gasteiger partial charge in [0.05, 0.1) is 22.6 Å². The van der Waals surface area contributed by atoms with Gasteiger partial charge in [0.15, 0.2) is 0 Å². The molecule has 4 heterocycles. The fourth-order valence-electron chi connectivity index (χ4n) is 9.03. The molecule has 3 aliphatic heterocycles. The molecule has 2 bridgehead atoms. The first-order valence-corrected chi connectivity index (χ1v) is 15.4. The van der Waals surface area contributed by atoms with E-state index in [2.05, 4.69) is 53.2 Å². The molecule has 44 heavy (non-hydrogen) atoms. The standard InChI is InChI=1S/C37H33N3O4/c1-19-10-9-11-20(16-19)36(42)39(3)26-17-27-40-25-15-8-7-14-23(25)29-30-24(18-38-35(30)41)28-21-12-5-6-13-22(21)32(31(28)33(29)40)37(2,44-27)34(26)43-4/h5-16,26-27,32,34H,17-18H2,1-4H3,(H,38,41)/t26-,27-,32?,34-,37-/m1/s1. The number of rotatable bonds is 3. The first kappa shape index (κ1) is 26.0. The summed E-state index contributed by atoms with van der Waals surface area (Å²) in [4.78, 5) is 29.5. The van der Waals surface area contributed by atoms with Crippen molar-refractivity contribution in [1.29, 1.82) is 0 Å². The van der Waals surface area contributed by atoms with Crippen molar-refractivity contribution in [1.82, 2.24) is 14.8 Å². The zero-order valence-corrected chi connectivity index (χ0v) is 25.2. The van der Waals surface area contributed by atoms with E-state index in [9.17, 15) is 9.59 Å². The third-order valence-corrected chi connectivity index (χ3v) is 10.7. The Morgan fingerprint density at radius 3 is 2.68 bits per heavy atom. The molecule has 0 spiro atoms. The molecule has 1 N–H and O–H groups in total. The van der Waals surface area contributed by atoms with Crippen LogP contribution in [0.5, 0.6) is 0 Å². The number of nitrogens with one attached hydrogen (secondary N) is 1. The summed E-state index contributed by atoms with van der Waals surface area (Å²) >= 11 is 0. The lowest BCUT2D eigenvalue weighted by molar-refractivity contribution is -0.232. The Kier molecular flexibility index (Phi) is 5.20. The van der Waals surface area contributed by atoms with Crippen molar-refractivity contribution < 1.29 is 19.1 Å². The number of carbonyl (C=O) groups is 2. The van der Waals surface area contributed by atoms with Crippen LogP contribution < -0.4 is 5.32 Å². The highest BCUT2D eigenvalue weighted by Crippen LogP contribution is 2.62. The van der Waals surface area contributed by atoms with Gasteiger partial charge in [0.25, 0.3) is 11.8 Å². The lowest BCUT2D eigenvalue weighted by Crippen LogP contribution is -2.62. The Bertz CT molecular complexity index is 2100. The van der Waals surface area contributed by atoms with Crippen LogP contribution in [-0.2, 0) is 16.0 Å². The summed E-state index contributed by atoms with van der Waals surface area (Å²) in [5.41, 5.74) is 9.48. The fraction of sp³-hybridized carbons (Fsp3) is 0.297. The predicted molar refractivity (Wildman–Crippen MR) is 169 cm³/mol. The highest BCUT2D eigenvalue weighted by molar-refractivity contribution is 6.23. The summed E-state index contributed by atoms with van der Waals surface area (Å²) in [6.45, 7) is 4.67. The van der Waals surface area contributed by atoms with Gasteiger partial charge in [0, 0.05) is 49.4 Å². The topological polar surface area (TPSA) is 72.8 Å². The maximum absolute atomic E-state index is 14.0. The van der Waals surface area contributed by atoms with E-state index < -0.39 is 11.7 Å². The number of benzene rings is 4. The smallest absolute Gasteiger partial charge is 0.253 e. The van der Waals surface area contributed by atoms with Gasteiger partial charge in [-0.2, -0.15) is 0 Å². The van der Waals surface area contributed by atoms with Gasteiger partial charge in [-0.3, -0.25) is 9.59 Å². The van der Waals surface area contributed by atoms with Crippen LogP contribution in [0.4, 0.5) is 0 Å². The molecular formula is C37H33N3O4. The van der Waals surface area contributed by atoms with Crippen molar-refractivity contribution in [3.05, 3.63) is 106 Å². The largest absolute Gasteiger partial charge is 0.376 e. The van der Waals surface area contributed by atoms with Crippen molar-refractivity contribution in [2.45, 2.75) is 56.7 Å². The fourth-order valence-corrected chi connectivity index (χ4v) is 9.03. The molecule has 1 saturated heterocycles. The minimum atomic E-state index is -0.817. The average molecular weight is 584 g/mol. The summed E-state index contributed by atoms with van der Waals surface area (Å²) in [6.07, 6.45) is -0.251. The molecule has 1 unspecified atom stereocenters. The van der Waals surface area contributed by atoms with Crippen molar-refractivity contribution in [3.63, 3.8) is 0 Å². The zero-order valence-electron chi connectivity index (χ0n) is 25.2. The van der Waals surface area contributed by atoms with Crippen LogP contribution in [0.15, 0.2) is 72.8 Å². The lowest BCUT2D eigenvalue weighted by atomic mass is 9.73. The van der Waals surface area contributed by atoms with Gasteiger partial charge in [0.1, 0.15) is 17.9 Å².